The smallest absolute Gasteiger partial charge is 0.338 e. The summed E-state index contributed by atoms with van der Waals surface area (Å²) in [5.74, 6) is 1.03. The molecule has 34 heavy (non-hydrogen) atoms. The Kier molecular flexibility index (Phi) is 8.30. The molecule has 1 aromatic rings. The molecule has 0 bridgehead atoms. The Hall–Kier alpha value is -2.94. The summed E-state index contributed by atoms with van der Waals surface area (Å²) in [7, 11) is 3.17. The van der Waals surface area contributed by atoms with E-state index in [1.54, 1.807) is 27.2 Å². The van der Waals surface area contributed by atoms with Crippen molar-refractivity contribution in [2.24, 2.45) is 10.9 Å². The summed E-state index contributed by atoms with van der Waals surface area (Å²) in [6, 6.07) is 4.87. The van der Waals surface area contributed by atoms with Crippen LogP contribution >= 0.6 is 11.8 Å². The van der Waals surface area contributed by atoms with Crippen LogP contribution in [0, 0.1) is 5.92 Å². The molecule has 1 amide bonds. The third kappa shape index (κ3) is 5.58. The number of nitrogens with one attached hydrogen (secondary N) is 1. The highest BCUT2D eigenvalue weighted by molar-refractivity contribution is 8.16. The highest BCUT2D eigenvalue weighted by atomic mass is 32.2. The molecule has 1 aromatic carbocycles. The highest BCUT2D eigenvalue weighted by Gasteiger charge is 2.42. The molecule has 0 saturated heterocycles. The average molecular weight is 488 g/mol. The van der Waals surface area contributed by atoms with Gasteiger partial charge in [-0.05, 0) is 50.3 Å². The molecule has 8 nitrogen and oxygen atoms in total. The summed E-state index contributed by atoms with van der Waals surface area (Å²) in [5.41, 5.74) is 2.45. The number of benzene rings is 1. The molecule has 3 rings (SSSR count). The van der Waals surface area contributed by atoms with E-state index in [0.717, 1.165) is 11.3 Å². The van der Waals surface area contributed by atoms with Gasteiger partial charge in [0.15, 0.2) is 5.17 Å². The lowest BCUT2D eigenvalue weighted by atomic mass is 9.92. The number of allylic oxidation sites excluding steroid dienone is 1. The van der Waals surface area contributed by atoms with Crippen molar-refractivity contribution >= 4 is 28.8 Å². The minimum atomic E-state index is -0.594. The normalized spacial score (nSPS) is 17.4. The Morgan fingerprint density at radius 2 is 1.91 bits per heavy atom. The first kappa shape index (κ1) is 25.7. The van der Waals surface area contributed by atoms with E-state index in [-0.39, 0.29) is 18.4 Å². The van der Waals surface area contributed by atoms with E-state index in [0.29, 0.717) is 40.4 Å². The number of carbonyl (C=O) groups excluding carboxylic acids is 2. The van der Waals surface area contributed by atoms with E-state index < -0.39 is 12.0 Å². The van der Waals surface area contributed by atoms with Crippen molar-refractivity contribution < 1.29 is 23.8 Å². The lowest BCUT2D eigenvalue weighted by Gasteiger charge is -2.37. The van der Waals surface area contributed by atoms with E-state index in [9.17, 15) is 9.59 Å². The van der Waals surface area contributed by atoms with Gasteiger partial charge in [0.1, 0.15) is 11.5 Å². The van der Waals surface area contributed by atoms with Gasteiger partial charge >= 0.3 is 5.97 Å². The van der Waals surface area contributed by atoms with Crippen LogP contribution in [-0.4, -0.2) is 48.8 Å². The van der Waals surface area contributed by atoms with Crippen LogP contribution in [0.4, 0.5) is 0 Å². The molecular weight excluding hydrogens is 454 g/mol. The van der Waals surface area contributed by atoms with Crippen molar-refractivity contribution in [1.29, 1.82) is 0 Å². The number of thioether (sulfide) groups is 1. The molecular formula is C25H33N3O5S. The number of esters is 1. The number of ether oxygens (including phenoxy) is 3. The van der Waals surface area contributed by atoms with E-state index in [2.05, 4.69) is 10.3 Å². The first-order valence-electron chi connectivity index (χ1n) is 11.3. The Labute approximate surface area is 205 Å². The first-order chi connectivity index (χ1) is 16.2. The minimum Gasteiger partial charge on any atom is -0.497 e. The molecule has 1 unspecified atom stereocenters. The van der Waals surface area contributed by atoms with Gasteiger partial charge in [-0.2, -0.15) is 0 Å². The third-order valence-electron chi connectivity index (χ3n) is 5.34. The standard InChI is InChI=1S/C25H33N3O5S/c1-14(2)12-26-21(29)10-17-13-34-25-27-16(5)22(24(30)33-15(3)4)23(28(17)25)19-11-18(31-6)8-9-20(19)32-7/h8-9,11,13-15,23H,10,12H2,1-7H3,(H,26,29). The van der Waals surface area contributed by atoms with E-state index in [4.69, 9.17) is 14.2 Å². The van der Waals surface area contributed by atoms with Crippen LogP contribution in [0.3, 0.4) is 0 Å². The number of hydrogen-bond acceptors (Lipinski definition) is 8. The molecule has 0 spiro atoms. The summed E-state index contributed by atoms with van der Waals surface area (Å²) < 4.78 is 16.7. The molecule has 1 atom stereocenters. The summed E-state index contributed by atoms with van der Waals surface area (Å²) in [6.45, 7) is 10.1. The number of aliphatic imine (C=N–C) groups is 1. The summed E-state index contributed by atoms with van der Waals surface area (Å²) in [6.07, 6.45) is -0.136. The maximum Gasteiger partial charge on any atom is 0.338 e. The van der Waals surface area contributed by atoms with Gasteiger partial charge < -0.3 is 24.4 Å². The van der Waals surface area contributed by atoms with Gasteiger partial charge in [-0.15, -0.1) is 0 Å². The van der Waals surface area contributed by atoms with Crippen LogP contribution in [0.15, 0.2) is 45.6 Å². The van der Waals surface area contributed by atoms with Crippen LogP contribution in [0.2, 0.25) is 0 Å². The zero-order valence-electron chi connectivity index (χ0n) is 20.8. The van der Waals surface area contributed by atoms with Crippen LogP contribution in [0.25, 0.3) is 0 Å². The average Bonchev–Trinajstić information content (AvgIpc) is 3.17. The number of amides is 1. The van der Waals surface area contributed by atoms with Crippen molar-refractivity contribution in [3.8, 4) is 11.5 Å². The van der Waals surface area contributed by atoms with Gasteiger partial charge in [0.2, 0.25) is 5.91 Å². The van der Waals surface area contributed by atoms with Gasteiger partial charge in [0.25, 0.3) is 0 Å². The number of carbonyl (C=O) groups is 2. The zero-order chi connectivity index (χ0) is 25.0. The quantitative estimate of drug-likeness (QED) is 0.517. The monoisotopic (exact) mass is 487 g/mol. The summed E-state index contributed by atoms with van der Waals surface area (Å²) in [4.78, 5) is 32.6. The molecule has 0 aromatic heterocycles. The van der Waals surface area contributed by atoms with Crippen LogP contribution in [-0.2, 0) is 14.3 Å². The lowest BCUT2D eigenvalue weighted by Crippen LogP contribution is -2.38. The Morgan fingerprint density at radius 3 is 2.53 bits per heavy atom. The molecule has 0 aliphatic carbocycles. The van der Waals surface area contributed by atoms with Crippen molar-refractivity contribution in [3.05, 3.63) is 46.1 Å². The van der Waals surface area contributed by atoms with Crippen molar-refractivity contribution in [3.63, 3.8) is 0 Å². The molecule has 0 radical (unpaired) electrons. The molecule has 2 aliphatic heterocycles. The summed E-state index contributed by atoms with van der Waals surface area (Å²) >= 11 is 1.43. The number of methoxy groups -OCH3 is 2. The number of rotatable bonds is 9. The predicted octanol–water partition coefficient (Wildman–Crippen LogP) is 4.39. The summed E-state index contributed by atoms with van der Waals surface area (Å²) in [5, 5.41) is 5.57. The Morgan fingerprint density at radius 1 is 1.18 bits per heavy atom. The Bertz CT molecular complexity index is 1040. The van der Waals surface area contributed by atoms with Gasteiger partial charge in [-0.1, -0.05) is 25.6 Å². The van der Waals surface area contributed by atoms with Crippen LogP contribution < -0.4 is 14.8 Å². The largest absolute Gasteiger partial charge is 0.497 e. The van der Waals surface area contributed by atoms with E-state index in [1.165, 1.54) is 11.8 Å². The molecule has 1 N–H and O–H groups in total. The fourth-order valence-electron chi connectivity index (χ4n) is 3.80. The van der Waals surface area contributed by atoms with Gasteiger partial charge in [0, 0.05) is 17.8 Å². The maximum absolute atomic E-state index is 13.3. The van der Waals surface area contributed by atoms with Gasteiger partial charge in [0.05, 0.1) is 44.1 Å². The fourth-order valence-corrected chi connectivity index (χ4v) is 4.76. The van der Waals surface area contributed by atoms with E-state index >= 15 is 0 Å². The second-order valence-electron chi connectivity index (χ2n) is 8.83. The molecule has 9 heteroatoms. The highest BCUT2D eigenvalue weighted by Crippen LogP contribution is 2.47. The predicted molar refractivity (Wildman–Crippen MR) is 134 cm³/mol. The topological polar surface area (TPSA) is 89.5 Å². The third-order valence-corrected chi connectivity index (χ3v) is 6.23. The lowest BCUT2D eigenvalue weighted by molar-refractivity contribution is -0.143. The van der Waals surface area contributed by atoms with Crippen molar-refractivity contribution in [2.75, 3.05) is 20.8 Å². The number of fused-ring (bicyclic) bond motifs is 1. The first-order valence-corrected chi connectivity index (χ1v) is 12.2. The van der Waals surface area contributed by atoms with E-state index in [1.807, 2.05) is 50.1 Å². The van der Waals surface area contributed by atoms with Crippen LogP contribution in [0.1, 0.15) is 52.6 Å². The number of amidine groups is 1. The zero-order valence-corrected chi connectivity index (χ0v) is 21.6. The minimum absolute atomic E-state index is 0.0873. The second kappa shape index (κ2) is 11.0. The number of hydrogen-bond donors (Lipinski definition) is 1. The van der Waals surface area contributed by atoms with Crippen molar-refractivity contribution in [1.82, 2.24) is 10.2 Å². The molecule has 0 fully saturated rings. The Balaban J connectivity index is 2.09. The SMILES string of the molecule is COc1ccc(OC)c(C2C(C(=O)OC(C)C)=C(C)N=C3SC=C(CC(=O)NCC(C)C)N32)c1. The molecule has 2 heterocycles. The van der Waals surface area contributed by atoms with Crippen LogP contribution in [0.5, 0.6) is 11.5 Å². The molecule has 2 aliphatic rings. The number of nitrogens with zero attached hydrogens (tertiary/aromatic N) is 2. The molecule has 0 saturated carbocycles. The maximum atomic E-state index is 13.3. The second-order valence-corrected chi connectivity index (χ2v) is 9.67. The molecule has 184 valence electrons. The van der Waals surface area contributed by atoms with Crippen molar-refractivity contribution in [2.45, 2.75) is 53.2 Å². The van der Waals surface area contributed by atoms with Gasteiger partial charge in [-0.3, -0.25) is 4.79 Å². The fraction of sp³-hybridized carbons (Fsp3) is 0.480. The van der Waals surface area contributed by atoms with Gasteiger partial charge in [-0.25, -0.2) is 9.79 Å².